The van der Waals surface area contributed by atoms with Gasteiger partial charge in [0.15, 0.2) is 0 Å². The molecular formula is C13H23BF4N2. The van der Waals surface area contributed by atoms with E-state index in [2.05, 4.69) is 54.0 Å². The summed E-state index contributed by atoms with van der Waals surface area (Å²) in [5, 5.41) is 0. The average Bonchev–Trinajstić information content (AvgIpc) is 2.79. The molecule has 0 aliphatic heterocycles. The van der Waals surface area contributed by atoms with E-state index < -0.39 is 7.25 Å². The molecular weight excluding hydrogens is 271 g/mol. The van der Waals surface area contributed by atoms with Gasteiger partial charge >= 0.3 is 7.25 Å². The van der Waals surface area contributed by atoms with Gasteiger partial charge in [-0.2, -0.15) is 0 Å². The van der Waals surface area contributed by atoms with Gasteiger partial charge in [-0.15, -0.1) is 0 Å². The molecule has 0 aliphatic carbocycles. The van der Waals surface area contributed by atoms with E-state index in [4.69, 9.17) is 0 Å². The molecule has 20 heavy (non-hydrogen) atoms. The summed E-state index contributed by atoms with van der Waals surface area (Å²) in [5.41, 5.74) is 0. The maximum absolute atomic E-state index is 9.75. The average molecular weight is 294 g/mol. The Bertz CT molecular complexity index is 369. The van der Waals surface area contributed by atoms with Crippen LogP contribution in [0.15, 0.2) is 24.8 Å². The highest BCUT2D eigenvalue weighted by Crippen LogP contribution is 2.06. The van der Waals surface area contributed by atoms with Gasteiger partial charge < -0.3 is 17.3 Å². The normalized spacial score (nSPS) is 11.5. The van der Waals surface area contributed by atoms with Crippen molar-refractivity contribution in [3.8, 4) is 0 Å². The molecule has 0 aliphatic rings. The number of imidazole rings is 1. The highest BCUT2D eigenvalue weighted by Gasteiger charge is 2.20. The van der Waals surface area contributed by atoms with Gasteiger partial charge in [0, 0.05) is 0 Å². The SMILES string of the molecule is CCCCCCC=Cn1cc[n+](CC)c1.F[B-](F)(F)F. The predicted molar refractivity (Wildman–Crippen MR) is 74.6 cm³/mol. The summed E-state index contributed by atoms with van der Waals surface area (Å²) in [6.07, 6.45) is 17.3. The number of halogens is 4. The first-order chi connectivity index (χ1) is 9.36. The van der Waals surface area contributed by atoms with Gasteiger partial charge in [0.1, 0.15) is 12.4 Å². The lowest BCUT2D eigenvalue weighted by Crippen LogP contribution is -2.28. The van der Waals surface area contributed by atoms with Gasteiger partial charge in [-0.3, -0.25) is 0 Å². The minimum atomic E-state index is -6.00. The molecule has 116 valence electrons. The van der Waals surface area contributed by atoms with E-state index in [9.17, 15) is 17.3 Å². The Balaban J connectivity index is 0.000000621. The quantitative estimate of drug-likeness (QED) is 0.302. The Hall–Kier alpha value is -1.27. The summed E-state index contributed by atoms with van der Waals surface area (Å²) in [6.45, 7) is 5.44. The third kappa shape index (κ3) is 13.2. The smallest absolute Gasteiger partial charge is 0.418 e. The zero-order chi connectivity index (χ0) is 15.4. The molecule has 0 amide bonds. The van der Waals surface area contributed by atoms with Gasteiger partial charge in [-0.05, 0) is 25.8 Å². The summed E-state index contributed by atoms with van der Waals surface area (Å²) in [7, 11) is -6.00. The molecule has 0 radical (unpaired) electrons. The largest absolute Gasteiger partial charge is 0.673 e. The van der Waals surface area contributed by atoms with Crippen molar-refractivity contribution in [3.05, 3.63) is 24.8 Å². The van der Waals surface area contributed by atoms with Crippen LogP contribution >= 0.6 is 0 Å². The van der Waals surface area contributed by atoms with E-state index >= 15 is 0 Å². The van der Waals surface area contributed by atoms with Crippen molar-refractivity contribution >= 4 is 13.5 Å². The molecule has 0 atom stereocenters. The number of nitrogens with zero attached hydrogens (tertiary/aromatic N) is 2. The first-order valence-corrected chi connectivity index (χ1v) is 6.97. The van der Waals surface area contributed by atoms with Crippen molar-refractivity contribution in [2.75, 3.05) is 0 Å². The third-order valence-electron chi connectivity index (χ3n) is 2.58. The molecule has 0 spiro atoms. The molecule has 0 fully saturated rings. The predicted octanol–water partition coefficient (Wildman–Crippen LogP) is 4.54. The van der Waals surface area contributed by atoms with E-state index in [1.54, 1.807) is 0 Å². The fourth-order valence-electron chi connectivity index (χ4n) is 1.57. The van der Waals surface area contributed by atoms with Gasteiger partial charge in [0.05, 0.1) is 12.7 Å². The lowest BCUT2D eigenvalue weighted by Gasteiger charge is -1.94. The van der Waals surface area contributed by atoms with E-state index in [0.29, 0.717) is 0 Å². The lowest BCUT2D eigenvalue weighted by molar-refractivity contribution is -0.692. The standard InChI is InChI=1S/C13H23N2.BF4/c1-3-5-6-7-8-9-10-15-12-11-14(4-2)13-15;2-1(3,4)5/h9-13H,3-8H2,1-2H3;/q+1;-1. The van der Waals surface area contributed by atoms with Crippen molar-refractivity contribution in [1.29, 1.82) is 0 Å². The van der Waals surface area contributed by atoms with E-state index in [0.717, 1.165) is 6.54 Å². The van der Waals surface area contributed by atoms with E-state index in [-0.39, 0.29) is 0 Å². The Morgan fingerprint density at radius 1 is 1.10 bits per heavy atom. The van der Waals surface area contributed by atoms with Crippen molar-refractivity contribution in [1.82, 2.24) is 4.57 Å². The van der Waals surface area contributed by atoms with Crippen LogP contribution in [0.4, 0.5) is 17.3 Å². The van der Waals surface area contributed by atoms with Crippen molar-refractivity contribution < 1.29 is 21.8 Å². The highest BCUT2D eigenvalue weighted by atomic mass is 19.5. The van der Waals surface area contributed by atoms with Gasteiger partial charge in [0.2, 0.25) is 6.33 Å². The Morgan fingerprint density at radius 3 is 2.25 bits per heavy atom. The summed E-state index contributed by atoms with van der Waals surface area (Å²) in [6, 6.07) is 0. The van der Waals surface area contributed by atoms with Crippen molar-refractivity contribution in [2.45, 2.75) is 52.5 Å². The van der Waals surface area contributed by atoms with Crippen LogP contribution in [0.2, 0.25) is 0 Å². The molecule has 0 bridgehead atoms. The molecule has 7 heteroatoms. The second kappa shape index (κ2) is 10.5. The highest BCUT2D eigenvalue weighted by molar-refractivity contribution is 6.50. The summed E-state index contributed by atoms with van der Waals surface area (Å²) < 4.78 is 43.3. The topological polar surface area (TPSA) is 8.81 Å². The maximum Gasteiger partial charge on any atom is 0.673 e. The second-order valence-electron chi connectivity index (χ2n) is 4.42. The summed E-state index contributed by atoms with van der Waals surface area (Å²) >= 11 is 0. The number of hydrogen-bond acceptors (Lipinski definition) is 0. The van der Waals surface area contributed by atoms with Gasteiger partial charge in [-0.25, -0.2) is 9.13 Å². The number of unbranched alkanes of at least 4 members (excludes halogenated alkanes) is 4. The number of aromatic nitrogens is 2. The Labute approximate surface area is 118 Å². The Kier molecular flexibility index (Phi) is 9.85. The first-order valence-electron chi connectivity index (χ1n) is 6.97. The number of aryl methyl sites for hydroxylation is 1. The molecule has 0 aromatic carbocycles. The summed E-state index contributed by atoms with van der Waals surface area (Å²) in [5.74, 6) is 0. The molecule has 0 N–H and O–H groups in total. The second-order valence-corrected chi connectivity index (χ2v) is 4.42. The van der Waals surface area contributed by atoms with Crippen molar-refractivity contribution in [2.24, 2.45) is 0 Å². The minimum absolute atomic E-state index is 1.04. The summed E-state index contributed by atoms with van der Waals surface area (Å²) in [4.78, 5) is 0. The van der Waals surface area contributed by atoms with Crippen molar-refractivity contribution in [3.63, 3.8) is 0 Å². The van der Waals surface area contributed by atoms with Crippen LogP contribution in [0.25, 0.3) is 6.20 Å². The number of rotatable bonds is 7. The molecule has 0 saturated carbocycles. The fourth-order valence-corrected chi connectivity index (χ4v) is 1.57. The fraction of sp³-hybridized carbons (Fsp3) is 0.615. The van der Waals surface area contributed by atoms with Crippen LogP contribution in [-0.4, -0.2) is 11.8 Å². The number of hydrogen-bond donors (Lipinski definition) is 0. The van der Waals surface area contributed by atoms with E-state index in [1.165, 1.54) is 32.1 Å². The maximum atomic E-state index is 9.75. The van der Waals surface area contributed by atoms with Crippen LogP contribution in [-0.2, 0) is 6.54 Å². The minimum Gasteiger partial charge on any atom is -0.418 e. The van der Waals surface area contributed by atoms with Gasteiger partial charge in [0.25, 0.3) is 0 Å². The van der Waals surface area contributed by atoms with Crippen LogP contribution in [0, 0.1) is 0 Å². The number of allylic oxidation sites excluding steroid dienone is 1. The molecule has 1 aromatic heterocycles. The van der Waals surface area contributed by atoms with Crippen LogP contribution < -0.4 is 4.57 Å². The van der Waals surface area contributed by atoms with Crippen LogP contribution in [0.3, 0.4) is 0 Å². The van der Waals surface area contributed by atoms with Crippen LogP contribution in [0.1, 0.15) is 46.0 Å². The molecule has 1 heterocycles. The molecule has 0 saturated heterocycles. The molecule has 0 unspecified atom stereocenters. The van der Waals surface area contributed by atoms with Gasteiger partial charge in [-0.1, -0.05) is 26.2 Å². The van der Waals surface area contributed by atoms with Crippen LogP contribution in [0.5, 0.6) is 0 Å². The monoisotopic (exact) mass is 294 g/mol. The Morgan fingerprint density at radius 2 is 1.75 bits per heavy atom. The molecule has 2 nitrogen and oxygen atoms in total. The molecule has 1 aromatic rings. The molecule has 1 rings (SSSR count). The lowest BCUT2D eigenvalue weighted by atomic mass is 10.1. The first kappa shape index (κ1) is 18.7. The zero-order valence-corrected chi connectivity index (χ0v) is 12.1. The zero-order valence-electron chi connectivity index (χ0n) is 12.1. The van der Waals surface area contributed by atoms with E-state index in [1.807, 2.05) is 0 Å². The third-order valence-corrected chi connectivity index (χ3v) is 2.58.